The van der Waals surface area contributed by atoms with Gasteiger partial charge in [-0.25, -0.2) is 0 Å². The Labute approximate surface area is 110 Å². The minimum atomic E-state index is 0.161. The Hall–Kier alpha value is -0.680. The van der Waals surface area contributed by atoms with Gasteiger partial charge in [-0.1, -0.05) is 26.0 Å². The van der Waals surface area contributed by atoms with Crippen molar-refractivity contribution in [2.24, 2.45) is 5.92 Å². The zero-order valence-corrected chi connectivity index (χ0v) is 11.7. The van der Waals surface area contributed by atoms with E-state index in [0.717, 1.165) is 6.61 Å². The highest BCUT2D eigenvalue weighted by Gasteiger charge is 2.16. The van der Waals surface area contributed by atoms with Gasteiger partial charge in [0, 0.05) is 9.75 Å². The Morgan fingerprint density at radius 3 is 2.12 bits per heavy atom. The third-order valence-electron chi connectivity index (χ3n) is 2.27. The number of hydrogen-bond acceptors (Lipinski definition) is 4. The molecule has 2 heterocycles. The summed E-state index contributed by atoms with van der Waals surface area (Å²) in [5.41, 5.74) is 3.18. The van der Waals surface area contributed by atoms with Gasteiger partial charge in [0.05, 0.1) is 6.61 Å². The molecule has 0 aliphatic heterocycles. The molecular formula is C13H17NOS2. The molecule has 4 heteroatoms. The molecule has 2 rings (SSSR count). The Kier molecular flexibility index (Phi) is 4.74. The van der Waals surface area contributed by atoms with Gasteiger partial charge in [-0.3, -0.25) is 0 Å². The van der Waals surface area contributed by atoms with Crippen molar-refractivity contribution in [1.29, 1.82) is 0 Å². The minimum absolute atomic E-state index is 0.161. The molecule has 0 unspecified atom stereocenters. The highest BCUT2D eigenvalue weighted by atomic mass is 32.1. The third kappa shape index (κ3) is 3.64. The standard InChI is InChI=1S/C13H17NOS2/c1-10(2)9-15-14-13(11-5-3-7-16-11)12-6-4-8-17-12/h3-8,10,13-14H,9H2,1-2H3. The molecule has 0 atom stereocenters. The molecule has 2 aromatic rings. The molecule has 0 bridgehead atoms. The van der Waals surface area contributed by atoms with Gasteiger partial charge in [-0.15, -0.1) is 22.7 Å². The van der Waals surface area contributed by atoms with Crippen LogP contribution in [0, 0.1) is 5.92 Å². The maximum atomic E-state index is 5.57. The van der Waals surface area contributed by atoms with E-state index in [9.17, 15) is 0 Å². The Morgan fingerprint density at radius 1 is 1.12 bits per heavy atom. The normalized spacial score (nSPS) is 11.5. The topological polar surface area (TPSA) is 21.3 Å². The second-order valence-electron chi connectivity index (χ2n) is 4.29. The van der Waals surface area contributed by atoms with E-state index >= 15 is 0 Å². The van der Waals surface area contributed by atoms with E-state index in [1.165, 1.54) is 9.75 Å². The number of hydroxylamine groups is 1. The van der Waals surface area contributed by atoms with Crippen molar-refractivity contribution in [3.05, 3.63) is 44.8 Å². The first-order valence-electron chi connectivity index (χ1n) is 5.71. The van der Waals surface area contributed by atoms with E-state index in [4.69, 9.17) is 4.84 Å². The Balaban J connectivity index is 2.04. The van der Waals surface area contributed by atoms with Crippen LogP contribution in [0.3, 0.4) is 0 Å². The highest BCUT2D eigenvalue weighted by Crippen LogP contribution is 2.29. The summed E-state index contributed by atoms with van der Waals surface area (Å²) < 4.78 is 0. The molecule has 0 saturated carbocycles. The van der Waals surface area contributed by atoms with E-state index in [1.54, 1.807) is 22.7 Å². The summed E-state index contributed by atoms with van der Waals surface area (Å²) in [6.45, 7) is 5.02. The Morgan fingerprint density at radius 2 is 1.71 bits per heavy atom. The summed E-state index contributed by atoms with van der Waals surface area (Å²) in [5.74, 6) is 0.537. The van der Waals surface area contributed by atoms with E-state index in [-0.39, 0.29) is 6.04 Å². The predicted molar refractivity (Wildman–Crippen MR) is 74.4 cm³/mol. The first kappa shape index (κ1) is 12.8. The maximum Gasteiger partial charge on any atom is 0.100 e. The van der Waals surface area contributed by atoms with Crippen LogP contribution in [-0.2, 0) is 4.84 Å². The number of thiophene rings is 2. The van der Waals surface area contributed by atoms with Crippen LogP contribution in [0.4, 0.5) is 0 Å². The zero-order chi connectivity index (χ0) is 12.1. The highest BCUT2D eigenvalue weighted by molar-refractivity contribution is 7.11. The largest absolute Gasteiger partial charge is 0.301 e. The molecule has 0 aliphatic rings. The van der Waals surface area contributed by atoms with Crippen LogP contribution in [0.2, 0.25) is 0 Å². The van der Waals surface area contributed by atoms with Crippen LogP contribution < -0.4 is 5.48 Å². The van der Waals surface area contributed by atoms with Crippen molar-refractivity contribution in [1.82, 2.24) is 5.48 Å². The first-order chi connectivity index (χ1) is 8.27. The molecule has 0 radical (unpaired) electrons. The first-order valence-corrected chi connectivity index (χ1v) is 7.47. The van der Waals surface area contributed by atoms with Crippen LogP contribution in [0.15, 0.2) is 35.0 Å². The van der Waals surface area contributed by atoms with Gasteiger partial charge >= 0.3 is 0 Å². The summed E-state index contributed by atoms with van der Waals surface area (Å²) in [4.78, 5) is 8.14. The molecule has 0 saturated heterocycles. The lowest BCUT2D eigenvalue weighted by molar-refractivity contribution is 0.00965. The quantitative estimate of drug-likeness (QED) is 0.796. The molecule has 2 nitrogen and oxygen atoms in total. The lowest BCUT2D eigenvalue weighted by atomic mass is 10.2. The second-order valence-corrected chi connectivity index (χ2v) is 6.25. The van der Waals surface area contributed by atoms with E-state index in [1.807, 2.05) is 0 Å². The summed E-state index contributed by atoms with van der Waals surface area (Å²) in [7, 11) is 0. The molecule has 17 heavy (non-hydrogen) atoms. The maximum absolute atomic E-state index is 5.57. The molecule has 0 aliphatic carbocycles. The number of hydrogen-bond donors (Lipinski definition) is 1. The summed E-state index contributed by atoms with van der Waals surface area (Å²) in [6.07, 6.45) is 0. The molecule has 1 N–H and O–H groups in total. The van der Waals surface area contributed by atoms with Gasteiger partial charge in [-0.05, 0) is 28.8 Å². The van der Waals surface area contributed by atoms with Gasteiger partial charge < -0.3 is 4.84 Å². The summed E-state index contributed by atoms with van der Waals surface area (Å²) in [5, 5.41) is 4.19. The number of nitrogens with one attached hydrogen (secondary N) is 1. The van der Waals surface area contributed by atoms with Gasteiger partial charge in [0.25, 0.3) is 0 Å². The molecule has 0 amide bonds. The third-order valence-corrected chi connectivity index (χ3v) is 4.15. The smallest absolute Gasteiger partial charge is 0.100 e. The lowest BCUT2D eigenvalue weighted by Crippen LogP contribution is -2.23. The SMILES string of the molecule is CC(C)CONC(c1cccs1)c1cccs1. The van der Waals surface area contributed by atoms with Crippen molar-refractivity contribution >= 4 is 22.7 Å². The van der Waals surface area contributed by atoms with Gasteiger partial charge in [0.1, 0.15) is 6.04 Å². The van der Waals surface area contributed by atoms with Crippen molar-refractivity contribution in [2.75, 3.05) is 6.61 Å². The molecule has 2 aromatic heterocycles. The molecule has 0 fully saturated rings. The molecule has 92 valence electrons. The van der Waals surface area contributed by atoms with Crippen LogP contribution in [0.1, 0.15) is 29.6 Å². The summed E-state index contributed by atoms with van der Waals surface area (Å²) >= 11 is 3.50. The fraction of sp³-hybridized carbons (Fsp3) is 0.385. The molecule has 0 spiro atoms. The molecular weight excluding hydrogens is 250 g/mol. The van der Waals surface area contributed by atoms with Gasteiger partial charge in [0.2, 0.25) is 0 Å². The monoisotopic (exact) mass is 267 g/mol. The molecule has 0 aromatic carbocycles. The van der Waals surface area contributed by atoms with Crippen molar-refractivity contribution < 1.29 is 4.84 Å². The zero-order valence-electron chi connectivity index (χ0n) is 10.1. The van der Waals surface area contributed by atoms with Crippen LogP contribution in [-0.4, -0.2) is 6.61 Å². The van der Waals surface area contributed by atoms with E-state index in [0.29, 0.717) is 5.92 Å². The minimum Gasteiger partial charge on any atom is -0.301 e. The fourth-order valence-electron chi connectivity index (χ4n) is 1.47. The van der Waals surface area contributed by atoms with Gasteiger partial charge in [0.15, 0.2) is 0 Å². The fourth-order valence-corrected chi connectivity index (χ4v) is 3.11. The Bertz CT molecular complexity index is 374. The second kappa shape index (κ2) is 6.31. The van der Waals surface area contributed by atoms with Crippen LogP contribution in [0.25, 0.3) is 0 Å². The van der Waals surface area contributed by atoms with Gasteiger partial charge in [-0.2, -0.15) is 5.48 Å². The number of rotatable bonds is 6. The van der Waals surface area contributed by atoms with Crippen molar-refractivity contribution in [2.45, 2.75) is 19.9 Å². The lowest BCUT2D eigenvalue weighted by Gasteiger charge is -2.16. The van der Waals surface area contributed by atoms with Crippen molar-refractivity contribution in [3.63, 3.8) is 0 Å². The average Bonchev–Trinajstić information content (AvgIpc) is 2.97. The summed E-state index contributed by atoms with van der Waals surface area (Å²) in [6, 6.07) is 8.59. The van der Waals surface area contributed by atoms with Crippen molar-refractivity contribution in [3.8, 4) is 0 Å². The van der Waals surface area contributed by atoms with Crippen LogP contribution >= 0.6 is 22.7 Å². The average molecular weight is 267 g/mol. The van der Waals surface area contributed by atoms with E-state index in [2.05, 4.69) is 54.4 Å². The van der Waals surface area contributed by atoms with E-state index < -0.39 is 0 Å². The van der Waals surface area contributed by atoms with Crippen LogP contribution in [0.5, 0.6) is 0 Å². The predicted octanol–water partition coefficient (Wildman–Crippen LogP) is 4.08.